The van der Waals surface area contributed by atoms with Crippen LogP contribution in [0.1, 0.15) is 18.4 Å². The predicted octanol–water partition coefficient (Wildman–Crippen LogP) is 3.57. The number of halogens is 3. The third-order valence-corrected chi connectivity index (χ3v) is 1.83. The molecule has 83 valence electrons. The molecule has 0 aliphatic heterocycles. The van der Waals surface area contributed by atoms with E-state index in [2.05, 4.69) is 11.7 Å². The van der Waals surface area contributed by atoms with E-state index in [-0.39, 0.29) is 11.7 Å². The molecule has 1 unspecified atom stereocenters. The van der Waals surface area contributed by atoms with Gasteiger partial charge in [0.15, 0.2) is 6.61 Å². The highest BCUT2D eigenvalue weighted by Gasteiger charge is 2.28. The maximum Gasteiger partial charge on any atom is 0.422 e. The topological polar surface area (TPSA) is 9.23 Å². The molecule has 1 atom stereocenters. The van der Waals surface area contributed by atoms with Gasteiger partial charge in [0.1, 0.15) is 5.75 Å². The van der Waals surface area contributed by atoms with Crippen LogP contribution in [0.15, 0.2) is 24.3 Å². The van der Waals surface area contributed by atoms with Crippen molar-refractivity contribution in [1.29, 1.82) is 0 Å². The second-order valence-corrected chi connectivity index (χ2v) is 3.38. The smallest absolute Gasteiger partial charge is 0.422 e. The molecule has 0 amide bonds. The summed E-state index contributed by atoms with van der Waals surface area (Å²) in [5.74, 6) is 0.250. The Hall–Kier alpha value is -1.19. The predicted molar refractivity (Wildman–Crippen MR) is 51.8 cm³/mol. The summed E-state index contributed by atoms with van der Waals surface area (Å²) < 4.78 is 40.2. The molecule has 0 saturated carbocycles. The summed E-state index contributed by atoms with van der Waals surface area (Å²) in [6.07, 6.45) is -4.30. The first-order valence-electron chi connectivity index (χ1n) is 4.51. The van der Waals surface area contributed by atoms with E-state index in [0.29, 0.717) is 0 Å². The molecule has 0 aliphatic rings. The lowest BCUT2D eigenvalue weighted by Crippen LogP contribution is -2.19. The van der Waals surface area contributed by atoms with Crippen molar-refractivity contribution in [2.45, 2.75) is 19.0 Å². The van der Waals surface area contributed by atoms with Crippen molar-refractivity contribution >= 4 is 0 Å². The number of hydrogen-bond donors (Lipinski definition) is 0. The van der Waals surface area contributed by atoms with Crippen LogP contribution in [-0.4, -0.2) is 12.8 Å². The SMILES string of the molecule is [CH2]C(C)c1cccc(OCC(F)(F)F)c1. The standard InChI is InChI=1S/C11H12F3O/c1-8(2)9-4-3-5-10(6-9)15-7-11(12,13)14/h3-6,8H,1,7H2,2H3. The Morgan fingerprint density at radius 3 is 2.60 bits per heavy atom. The molecule has 4 heteroatoms. The van der Waals surface area contributed by atoms with Crippen molar-refractivity contribution in [3.8, 4) is 5.75 Å². The van der Waals surface area contributed by atoms with Gasteiger partial charge in [-0.15, -0.1) is 0 Å². The highest BCUT2D eigenvalue weighted by molar-refractivity contribution is 5.30. The minimum absolute atomic E-state index is 0.0273. The lowest BCUT2D eigenvalue weighted by atomic mass is 10.0. The van der Waals surface area contributed by atoms with Gasteiger partial charge < -0.3 is 4.74 Å². The first-order chi connectivity index (χ1) is 6.88. The molecule has 0 aliphatic carbocycles. The second-order valence-electron chi connectivity index (χ2n) is 3.38. The summed E-state index contributed by atoms with van der Waals surface area (Å²) in [4.78, 5) is 0. The Labute approximate surface area is 86.9 Å². The maximum absolute atomic E-state index is 11.9. The zero-order valence-electron chi connectivity index (χ0n) is 8.34. The van der Waals surface area contributed by atoms with Crippen LogP contribution in [0.5, 0.6) is 5.75 Å². The molecule has 1 rings (SSSR count). The molecule has 1 radical (unpaired) electrons. The molecule has 0 bridgehead atoms. The van der Waals surface area contributed by atoms with Crippen LogP contribution in [0.25, 0.3) is 0 Å². The molecule has 0 aromatic heterocycles. The molecular weight excluding hydrogens is 205 g/mol. The van der Waals surface area contributed by atoms with Gasteiger partial charge in [0.05, 0.1) is 0 Å². The Kier molecular flexibility index (Phi) is 3.61. The van der Waals surface area contributed by atoms with E-state index in [0.717, 1.165) is 5.56 Å². The van der Waals surface area contributed by atoms with Gasteiger partial charge in [0.25, 0.3) is 0 Å². The molecule has 1 nitrogen and oxygen atoms in total. The maximum atomic E-state index is 11.9. The molecule has 0 heterocycles. The van der Waals surface area contributed by atoms with Crippen LogP contribution in [0.4, 0.5) is 13.2 Å². The van der Waals surface area contributed by atoms with Crippen molar-refractivity contribution in [2.24, 2.45) is 0 Å². The van der Waals surface area contributed by atoms with Crippen molar-refractivity contribution in [1.82, 2.24) is 0 Å². The van der Waals surface area contributed by atoms with Gasteiger partial charge in [0.2, 0.25) is 0 Å². The summed E-state index contributed by atoms with van der Waals surface area (Å²) in [7, 11) is 0. The number of rotatable bonds is 3. The monoisotopic (exact) mass is 217 g/mol. The van der Waals surface area contributed by atoms with Gasteiger partial charge >= 0.3 is 6.18 Å². The zero-order chi connectivity index (χ0) is 11.5. The van der Waals surface area contributed by atoms with E-state index in [4.69, 9.17) is 0 Å². The third-order valence-electron chi connectivity index (χ3n) is 1.83. The van der Waals surface area contributed by atoms with E-state index >= 15 is 0 Å². The zero-order valence-corrected chi connectivity index (χ0v) is 8.34. The highest BCUT2D eigenvalue weighted by Crippen LogP contribution is 2.22. The molecule has 0 fully saturated rings. The van der Waals surface area contributed by atoms with E-state index in [1.54, 1.807) is 18.2 Å². The Balaban J connectivity index is 2.66. The first kappa shape index (κ1) is 11.9. The fourth-order valence-electron chi connectivity index (χ4n) is 1.08. The Morgan fingerprint density at radius 1 is 1.40 bits per heavy atom. The number of hydrogen-bond acceptors (Lipinski definition) is 1. The first-order valence-corrected chi connectivity index (χ1v) is 4.51. The Bertz CT molecular complexity index is 318. The van der Waals surface area contributed by atoms with Crippen LogP contribution in [0.3, 0.4) is 0 Å². The van der Waals surface area contributed by atoms with Gasteiger partial charge in [-0.1, -0.05) is 19.1 Å². The van der Waals surface area contributed by atoms with E-state index in [9.17, 15) is 13.2 Å². The van der Waals surface area contributed by atoms with Crippen LogP contribution in [0, 0.1) is 6.92 Å². The van der Waals surface area contributed by atoms with Crippen molar-refractivity contribution < 1.29 is 17.9 Å². The van der Waals surface area contributed by atoms with E-state index in [1.165, 1.54) is 6.07 Å². The fraction of sp³-hybridized carbons (Fsp3) is 0.364. The number of alkyl halides is 3. The van der Waals surface area contributed by atoms with Crippen LogP contribution in [0.2, 0.25) is 0 Å². The summed E-state index contributed by atoms with van der Waals surface area (Å²) >= 11 is 0. The van der Waals surface area contributed by atoms with E-state index in [1.807, 2.05) is 6.92 Å². The van der Waals surface area contributed by atoms with Gasteiger partial charge in [-0.3, -0.25) is 0 Å². The molecule has 0 saturated heterocycles. The summed E-state index contributed by atoms with van der Waals surface area (Å²) in [5, 5.41) is 0. The van der Waals surface area contributed by atoms with Crippen molar-refractivity contribution in [3.63, 3.8) is 0 Å². The normalized spacial score (nSPS) is 11.9. The average Bonchev–Trinajstić information content (AvgIpc) is 2.14. The largest absolute Gasteiger partial charge is 0.484 e. The number of benzene rings is 1. The lowest BCUT2D eigenvalue weighted by Gasteiger charge is -2.11. The number of ether oxygens (including phenoxy) is 1. The molecule has 0 spiro atoms. The van der Waals surface area contributed by atoms with Gasteiger partial charge in [0, 0.05) is 0 Å². The quantitative estimate of drug-likeness (QED) is 0.752. The van der Waals surface area contributed by atoms with Gasteiger partial charge in [-0.2, -0.15) is 13.2 Å². The molecule has 1 aromatic rings. The Morgan fingerprint density at radius 2 is 2.07 bits per heavy atom. The minimum Gasteiger partial charge on any atom is -0.484 e. The van der Waals surface area contributed by atoms with Crippen molar-refractivity contribution in [3.05, 3.63) is 36.8 Å². The lowest BCUT2D eigenvalue weighted by molar-refractivity contribution is -0.153. The highest BCUT2D eigenvalue weighted by atomic mass is 19.4. The van der Waals surface area contributed by atoms with Crippen LogP contribution < -0.4 is 4.74 Å². The third kappa shape index (κ3) is 4.23. The average molecular weight is 217 g/mol. The molecule has 0 N–H and O–H groups in total. The molecular formula is C11H12F3O. The molecule has 15 heavy (non-hydrogen) atoms. The molecule has 1 aromatic carbocycles. The van der Waals surface area contributed by atoms with Gasteiger partial charge in [-0.05, 0) is 30.5 Å². The summed E-state index contributed by atoms with van der Waals surface area (Å²) in [6.45, 7) is 4.38. The van der Waals surface area contributed by atoms with Crippen LogP contribution >= 0.6 is 0 Å². The van der Waals surface area contributed by atoms with Crippen LogP contribution in [-0.2, 0) is 0 Å². The van der Waals surface area contributed by atoms with Crippen molar-refractivity contribution in [2.75, 3.05) is 6.61 Å². The van der Waals surface area contributed by atoms with E-state index < -0.39 is 12.8 Å². The summed E-state index contributed by atoms with van der Waals surface area (Å²) in [5.41, 5.74) is 0.856. The van der Waals surface area contributed by atoms with Gasteiger partial charge in [-0.25, -0.2) is 0 Å². The fourth-order valence-corrected chi connectivity index (χ4v) is 1.08. The second kappa shape index (κ2) is 4.55. The summed E-state index contributed by atoms with van der Waals surface area (Å²) in [6, 6.07) is 6.53. The minimum atomic E-state index is -4.30.